The molecule has 7 nitrogen and oxygen atoms in total. The van der Waals surface area contributed by atoms with Crippen molar-refractivity contribution in [2.75, 3.05) is 5.73 Å². The normalized spacial score (nSPS) is 11.3. The number of nitrogens with zero attached hydrogens (tertiary/aromatic N) is 3. The molecule has 0 bridgehead atoms. The Bertz CT molecular complexity index is 1560. The van der Waals surface area contributed by atoms with Crippen molar-refractivity contribution in [3.8, 4) is 16.3 Å². The number of hydrogen-bond donors (Lipinski definition) is 3. The van der Waals surface area contributed by atoms with Crippen LogP contribution in [-0.4, -0.2) is 26.8 Å². The van der Waals surface area contributed by atoms with Crippen molar-refractivity contribution in [1.29, 1.82) is 0 Å². The zero-order chi connectivity index (χ0) is 24.4. The first kappa shape index (κ1) is 22.6. The first-order chi connectivity index (χ1) is 17.0. The highest BCUT2D eigenvalue weighted by Gasteiger charge is 2.09. The Labute approximate surface area is 210 Å². The van der Waals surface area contributed by atoms with E-state index >= 15 is 0 Å². The number of fused-ring (bicyclic) bond motifs is 1. The lowest BCUT2D eigenvalue weighted by Gasteiger charge is -2.04. The van der Waals surface area contributed by atoms with Gasteiger partial charge in [-0.15, -0.1) is 11.3 Å². The Hall–Kier alpha value is -4.14. The molecule has 0 fully saturated rings. The van der Waals surface area contributed by atoms with Crippen LogP contribution in [0.15, 0.2) is 83.4 Å². The maximum atomic E-state index is 12.2. The van der Waals surface area contributed by atoms with Crippen LogP contribution in [-0.2, 0) is 6.54 Å². The van der Waals surface area contributed by atoms with Crippen molar-refractivity contribution in [1.82, 2.24) is 15.0 Å². The van der Waals surface area contributed by atoms with E-state index in [0.717, 1.165) is 32.7 Å². The van der Waals surface area contributed by atoms with E-state index in [0.29, 0.717) is 17.1 Å². The Morgan fingerprint density at radius 3 is 2.77 bits per heavy atom. The van der Waals surface area contributed by atoms with Crippen LogP contribution in [0, 0.1) is 0 Å². The number of halogens is 1. The molecule has 0 aliphatic carbocycles. The molecule has 2 aromatic heterocycles. The molecule has 0 atom stereocenters. The first-order valence-electron chi connectivity index (χ1n) is 10.7. The Morgan fingerprint density at radius 2 is 1.97 bits per heavy atom. The number of rotatable bonds is 6. The number of hydrogen-bond acceptors (Lipinski definition) is 6. The summed E-state index contributed by atoms with van der Waals surface area (Å²) in [5.41, 5.74) is 12.5. The Morgan fingerprint density at radius 1 is 1.14 bits per heavy atom. The van der Waals surface area contributed by atoms with Gasteiger partial charge >= 0.3 is 0 Å². The minimum Gasteiger partial charge on any atom is -0.506 e. The third-order valence-corrected chi connectivity index (χ3v) is 6.63. The number of carbonyl (C=O) groups is 1. The molecule has 5 rings (SSSR count). The van der Waals surface area contributed by atoms with Crippen LogP contribution < -0.4 is 11.2 Å². The standard InChI is InChI=1S/C26H20ClN5O2S/c27-20-5-2-17(3-6-20)26-30-21(15-35-26)14-32-10-9-18-11-16(1-7-23(18)32)13-29-31-25(34)19-4-8-24(33)22(28)12-19/h1-13,15,33H,14,28H2,(H,31,34)/b29-13+. The lowest BCUT2D eigenvalue weighted by molar-refractivity contribution is 0.0955. The van der Waals surface area contributed by atoms with E-state index in [1.807, 2.05) is 54.7 Å². The number of phenolic OH excluding ortho intramolecular Hbond substituents is 1. The quantitative estimate of drug-likeness (QED) is 0.123. The second-order valence-corrected chi connectivity index (χ2v) is 9.18. The molecule has 0 spiro atoms. The summed E-state index contributed by atoms with van der Waals surface area (Å²) in [7, 11) is 0. The fourth-order valence-electron chi connectivity index (χ4n) is 3.64. The van der Waals surface area contributed by atoms with E-state index in [2.05, 4.69) is 20.5 Å². The number of thiazole rings is 1. The summed E-state index contributed by atoms with van der Waals surface area (Å²) in [5.74, 6) is -0.483. The highest BCUT2D eigenvalue weighted by Crippen LogP contribution is 2.26. The molecule has 9 heteroatoms. The maximum Gasteiger partial charge on any atom is 0.271 e. The van der Waals surface area contributed by atoms with E-state index in [1.54, 1.807) is 17.6 Å². The monoisotopic (exact) mass is 501 g/mol. The molecule has 35 heavy (non-hydrogen) atoms. The highest BCUT2D eigenvalue weighted by atomic mass is 35.5. The fourth-order valence-corrected chi connectivity index (χ4v) is 4.58. The minimum atomic E-state index is -0.415. The van der Waals surface area contributed by atoms with Crippen LogP contribution in [0.25, 0.3) is 21.5 Å². The van der Waals surface area contributed by atoms with Gasteiger partial charge in [0.25, 0.3) is 5.91 Å². The molecular formula is C26H20ClN5O2S. The number of phenols is 1. The summed E-state index contributed by atoms with van der Waals surface area (Å²) in [6, 6.07) is 19.9. The minimum absolute atomic E-state index is 0.0675. The number of amides is 1. The van der Waals surface area contributed by atoms with Crippen molar-refractivity contribution in [2.45, 2.75) is 6.54 Å². The Balaban J connectivity index is 1.26. The first-order valence-corrected chi connectivity index (χ1v) is 11.9. The van der Waals surface area contributed by atoms with Gasteiger partial charge in [-0.3, -0.25) is 4.79 Å². The maximum absolute atomic E-state index is 12.2. The largest absolute Gasteiger partial charge is 0.506 e. The van der Waals surface area contributed by atoms with Crippen LogP contribution in [0.5, 0.6) is 5.75 Å². The predicted octanol–water partition coefficient (Wildman–Crippen LogP) is 5.52. The van der Waals surface area contributed by atoms with Gasteiger partial charge in [0.2, 0.25) is 0 Å². The third-order valence-electron chi connectivity index (χ3n) is 5.44. The van der Waals surface area contributed by atoms with Crippen molar-refractivity contribution in [3.63, 3.8) is 0 Å². The van der Waals surface area contributed by atoms with Gasteiger partial charge in [0.05, 0.1) is 24.1 Å². The molecule has 0 saturated heterocycles. The summed E-state index contributed by atoms with van der Waals surface area (Å²) in [4.78, 5) is 17.0. The topological polar surface area (TPSA) is 106 Å². The molecule has 0 radical (unpaired) electrons. The number of hydrazone groups is 1. The summed E-state index contributed by atoms with van der Waals surface area (Å²) >= 11 is 7.59. The van der Waals surface area contributed by atoms with E-state index < -0.39 is 5.91 Å². The SMILES string of the molecule is Nc1cc(C(=O)N/N=C/c2ccc3c(ccn3Cc3csc(-c4ccc(Cl)cc4)n3)c2)ccc1O. The molecule has 1 amide bonds. The molecule has 174 valence electrons. The van der Waals surface area contributed by atoms with Gasteiger partial charge in [0, 0.05) is 38.6 Å². The van der Waals surface area contributed by atoms with Crippen molar-refractivity contribution in [3.05, 3.63) is 100 Å². The molecule has 3 aromatic carbocycles. The van der Waals surface area contributed by atoms with E-state index in [4.69, 9.17) is 22.3 Å². The number of anilines is 1. The number of carbonyl (C=O) groups excluding carboxylic acids is 1. The molecule has 2 heterocycles. The van der Waals surface area contributed by atoms with E-state index in [-0.39, 0.29) is 11.4 Å². The number of nitrogens with two attached hydrogens (primary N) is 1. The van der Waals surface area contributed by atoms with Crippen LogP contribution in [0.3, 0.4) is 0 Å². The van der Waals surface area contributed by atoms with Crippen molar-refractivity contribution in [2.24, 2.45) is 5.10 Å². The lowest BCUT2D eigenvalue weighted by Crippen LogP contribution is -2.17. The van der Waals surface area contributed by atoms with Gasteiger partial charge in [0.15, 0.2) is 0 Å². The van der Waals surface area contributed by atoms with Crippen molar-refractivity contribution >= 4 is 51.6 Å². The van der Waals surface area contributed by atoms with Crippen molar-refractivity contribution < 1.29 is 9.90 Å². The van der Waals surface area contributed by atoms with Crippen LogP contribution in [0.4, 0.5) is 5.69 Å². The zero-order valence-corrected chi connectivity index (χ0v) is 19.9. The fraction of sp³-hybridized carbons (Fsp3) is 0.0385. The Kier molecular flexibility index (Phi) is 6.22. The number of benzene rings is 3. The molecule has 0 saturated carbocycles. The van der Waals surface area contributed by atoms with Crippen LogP contribution in [0.2, 0.25) is 5.02 Å². The molecule has 0 aliphatic rings. The van der Waals surface area contributed by atoms with Crippen LogP contribution >= 0.6 is 22.9 Å². The average molecular weight is 502 g/mol. The summed E-state index contributed by atoms with van der Waals surface area (Å²) in [6.07, 6.45) is 3.61. The van der Waals surface area contributed by atoms with Gasteiger partial charge in [-0.1, -0.05) is 29.8 Å². The summed E-state index contributed by atoms with van der Waals surface area (Å²) in [6.45, 7) is 0.660. The molecule has 0 unspecified atom stereocenters. The summed E-state index contributed by atoms with van der Waals surface area (Å²) < 4.78 is 2.15. The van der Waals surface area contributed by atoms with Gasteiger partial charge in [-0.25, -0.2) is 10.4 Å². The zero-order valence-electron chi connectivity index (χ0n) is 18.4. The van der Waals surface area contributed by atoms with Gasteiger partial charge in [-0.2, -0.15) is 5.10 Å². The second kappa shape index (κ2) is 9.61. The number of aromatic hydroxyl groups is 1. The number of nitrogen functional groups attached to an aromatic ring is 1. The van der Waals surface area contributed by atoms with E-state index in [9.17, 15) is 9.90 Å². The van der Waals surface area contributed by atoms with Gasteiger partial charge in [-0.05, 0) is 54.1 Å². The highest BCUT2D eigenvalue weighted by molar-refractivity contribution is 7.13. The smallest absolute Gasteiger partial charge is 0.271 e. The third kappa shape index (κ3) is 5.03. The average Bonchev–Trinajstić information content (AvgIpc) is 3.48. The van der Waals surface area contributed by atoms with Crippen LogP contribution in [0.1, 0.15) is 21.6 Å². The molecular weight excluding hydrogens is 482 g/mol. The number of aromatic nitrogens is 2. The van der Waals surface area contributed by atoms with Gasteiger partial charge < -0.3 is 15.4 Å². The summed E-state index contributed by atoms with van der Waals surface area (Å²) in [5, 5.41) is 18.3. The van der Waals surface area contributed by atoms with Gasteiger partial charge in [0.1, 0.15) is 10.8 Å². The number of nitrogens with one attached hydrogen (secondary N) is 1. The lowest BCUT2D eigenvalue weighted by atomic mass is 10.2. The van der Waals surface area contributed by atoms with E-state index in [1.165, 1.54) is 18.2 Å². The molecule has 5 aromatic rings. The molecule has 0 aliphatic heterocycles. The molecule has 4 N–H and O–H groups in total. The predicted molar refractivity (Wildman–Crippen MR) is 141 cm³/mol. The second-order valence-electron chi connectivity index (χ2n) is 7.89.